The molecule has 0 aromatic carbocycles. The van der Waals surface area contributed by atoms with Crippen LogP contribution < -0.4 is 10.6 Å². The normalized spacial score (nSPS) is 10.7. The van der Waals surface area contributed by atoms with E-state index in [2.05, 4.69) is 30.7 Å². The Morgan fingerprint density at radius 1 is 1.13 bits per heavy atom. The number of aryl methyl sites for hydroxylation is 1. The Kier molecular flexibility index (Phi) is 4.41. The first kappa shape index (κ1) is 14.9. The summed E-state index contributed by atoms with van der Waals surface area (Å²) < 4.78 is 1.61. The maximum Gasteiger partial charge on any atom is 0.257 e. The van der Waals surface area contributed by atoms with E-state index >= 15 is 0 Å². The third-order valence-electron chi connectivity index (χ3n) is 3.29. The zero-order valence-corrected chi connectivity index (χ0v) is 12.7. The van der Waals surface area contributed by atoms with Gasteiger partial charge in [-0.1, -0.05) is 0 Å². The Balaban J connectivity index is 1.52. The lowest BCUT2D eigenvalue weighted by atomic mass is 10.2. The largest absolute Gasteiger partial charge is 0.354 e. The Labute approximate surface area is 133 Å². The van der Waals surface area contributed by atoms with E-state index in [0.717, 1.165) is 6.42 Å². The molecule has 0 aliphatic heterocycles. The second kappa shape index (κ2) is 6.82. The number of aromatic nitrogens is 5. The van der Waals surface area contributed by atoms with Crippen LogP contribution in [-0.4, -0.2) is 43.6 Å². The van der Waals surface area contributed by atoms with Crippen LogP contribution in [0.4, 0.5) is 5.95 Å². The minimum Gasteiger partial charge on any atom is -0.354 e. The SMILES string of the molecule is Cc1nn2cccnc2c1C(=O)NCCCNc1ncccn1. The highest BCUT2D eigenvalue weighted by atomic mass is 16.1. The number of amides is 1. The van der Waals surface area contributed by atoms with Crippen LogP contribution in [0.25, 0.3) is 5.65 Å². The molecule has 0 bridgehead atoms. The van der Waals surface area contributed by atoms with Gasteiger partial charge in [0, 0.05) is 37.9 Å². The van der Waals surface area contributed by atoms with E-state index in [1.54, 1.807) is 48.4 Å². The van der Waals surface area contributed by atoms with Gasteiger partial charge < -0.3 is 10.6 Å². The molecule has 8 heteroatoms. The molecule has 0 unspecified atom stereocenters. The third-order valence-corrected chi connectivity index (χ3v) is 3.29. The summed E-state index contributed by atoms with van der Waals surface area (Å²) in [5, 5.41) is 10.3. The summed E-state index contributed by atoms with van der Waals surface area (Å²) in [5.41, 5.74) is 1.75. The van der Waals surface area contributed by atoms with Crippen LogP contribution >= 0.6 is 0 Å². The maximum atomic E-state index is 12.3. The molecule has 0 atom stereocenters. The molecule has 2 N–H and O–H groups in total. The van der Waals surface area contributed by atoms with Crippen LogP contribution in [0.2, 0.25) is 0 Å². The van der Waals surface area contributed by atoms with Crippen LogP contribution in [0, 0.1) is 6.92 Å². The van der Waals surface area contributed by atoms with Gasteiger partial charge in [-0.25, -0.2) is 19.5 Å². The third kappa shape index (κ3) is 3.42. The fourth-order valence-electron chi connectivity index (χ4n) is 2.23. The first-order valence-corrected chi connectivity index (χ1v) is 7.35. The van der Waals surface area contributed by atoms with Gasteiger partial charge in [0.1, 0.15) is 5.56 Å². The van der Waals surface area contributed by atoms with Gasteiger partial charge in [-0.15, -0.1) is 0 Å². The fraction of sp³-hybridized carbons (Fsp3) is 0.267. The Morgan fingerprint density at radius 2 is 1.91 bits per heavy atom. The molecule has 3 heterocycles. The predicted octanol–water partition coefficient (Wildman–Crippen LogP) is 1.06. The van der Waals surface area contributed by atoms with E-state index in [1.807, 2.05) is 0 Å². The number of rotatable bonds is 6. The lowest BCUT2D eigenvalue weighted by Crippen LogP contribution is -2.26. The highest BCUT2D eigenvalue weighted by Crippen LogP contribution is 2.12. The topological polar surface area (TPSA) is 97.1 Å². The lowest BCUT2D eigenvalue weighted by molar-refractivity contribution is 0.0954. The second-order valence-electron chi connectivity index (χ2n) is 4.96. The minimum atomic E-state index is -0.160. The van der Waals surface area contributed by atoms with Gasteiger partial charge in [-0.2, -0.15) is 5.10 Å². The summed E-state index contributed by atoms with van der Waals surface area (Å²) in [5.74, 6) is 0.425. The van der Waals surface area contributed by atoms with E-state index in [1.165, 1.54) is 0 Å². The molecular weight excluding hydrogens is 294 g/mol. The van der Waals surface area contributed by atoms with E-state index in [4.69, 9.17) is 0 Å². The molecule has 3 aromatic rings. The van der Waals surface area contributed by atoms with Crippen molar-refractivity contribution in [1.82, 2.24) is 29.9 Å². The van der Waals surface area contributed by atoms with Crippen molar-refractivity contribution >= 4 is 17.5 Å². The van der Waals surface area contributed by atoms with E-state index in [0.29, 0.717) is 35.9 Å². The molecule has 1 amide bonds. The van der Waals surface area contributed by atoms with Crippen molar-refractivity contribution in [3.8, 4) is 0 Å². The molecule has 0 spiro atoms. The molecular formula is C15H17N7O. The number of fused-ring (bicyclic) bond motifs is 1. The van der Waals surface area contributed by atoms with Crippen molar-refractivity contribution in [2.75, 3.05) is 18.4 Å². The molecule has 118 valence electrons. The van der Waals surface area contributed by atoms with Gasteiger partial charge in [-0.3, -0.25) is 4.79 Å². The van der Waals surface area contributed by atoms with Gasteiger partial charge in [0.05, 0.1) is 5.69 Å². The molecule has 23 heavy (non-hydrogen) atoms. The van der Waals surface area contributed by atoms with Crippen LogP contribution in [0.15, 0.2) is 36.9 Å². The summed E-state index contributed by atoms with van der Waals surface area (Å²) in [6.45, 7) is 3.02. The summed E-state index contributed by atoms with van der Waals surface area (Å²) >= 11 is 0. The number of carbonyl (C=O) groups excluding carboxylic acids is 1. The molecule has 3 aromatic heterocycles. The lowest BCUT2D eigenvalue weighted by Gasteiger charge is -2.06. The summed E-state index contributed by atoms with van der Waals surface area (Å²) in [6.07, 6.45) is 7.54. The van der Waals surface area contributed by atoms with Gasteiger partial charge in [0.2, 0.25) is 5.95 Å². The molecule has 0 aliphatic rings. The highest BCUT2D eigenvalue weighted by molar-refractivity contribution is 6.00. The summed E-state index contributed by atoms with van der Waals surface area (Å²) in [7, 11) is 0. The molecule has 0 fully saturated rings. The highest BCUT2D eigenvalue weighted by Gasteiger charge is 2.17. The monoisotopic (exact) mass is 311 g/mol. The van der Waals surface area contributed by atoms with Crippen molar-refractivity contribution < 1.29 is 4.79 Å². The fourth-order valence-corrected chi connectivity index (χ4v) is 2.23. The van der Waals surface area contributed by atoms with E-state index < -0.39 is 0 Å². The average molecular weight is 311 g/mol. The zero-order chi connectivity index (χ0) is 16.1. The van der Waals surface area contributed by atoms with Crippen molar-refractivity contribution in [3.63, 3.8) is 0 Å². The van der Waals surface area contributed by atoms with E-state index in [-0.39, 0.29) is 5.91 Å². The number of anilines is 1. The molecule has 8 nitrogen and oxygen atoms in total. The standard InChI is InChI=1S/C15H17N7O/c1-11-12(13-16-9-4-10-22(13)21-11)14(23)17-5-2-6-18-15-19-7-3-8-20-15/h3-4,7-10H,2,5-6H2,1H3,(H,17,23)(H,18,19,20). The predicted molar refractivity (Wildman–Crippen MR) is 85.2 cm³/mol. The van der Waals surface area contributed by atoms with Crippen molar-refractivity contribution in [3.05, 3.63) is 48.2 Å². The van der Waals surface area contributed by atoms with Gasteiger partial charge >= 0.3 is 0 Å². The van der Waals surface area contributed by atoms with Gasteiger partial charge in [0.15, 0.2) is 5.65 Å². The first-order chi connectivity index (χ1) is 11.3. The number of nitrogens with one attached hydrogen (secondary N) is 2. The number of nitrogens with zero attached hydrogens (tertiary/aromatic N) is 5. The van der Waals surface area contributed by atoms with Crippen molar-refractivity contribution in [1.29, 1.82) is 0 Å². The average Bonchev–Trinajstić information content (AvgIpc) is 2.91. The Bertz CT molecular complexity index is 800. The van der Waals surface area contributed by atoms with Crippen molar-refractivity contribution in [2.24, 2.45) is 0 Å². The van der Waals surface area contributed by atoms with Crippen LogP contribution in [0.3, 0.4) is 0 Å². The molecule has 0 saturated carbocycles. The number of carbonyl (C=O) groups is 1. The summed E-state index contributed by atoms with van der Waals surface area (Å²) in [4.78, 5) is 24.7. The summed E-state index contributed by atoms with van der Waals surface area (Å²) in [6, 6.07) is 3.54. The maximum absolute atomic E-state index is 12.3. The number of hydrogen-bond donors (Lipinski definition) is 2. The minimum absolute atomic E-state index is 0.160. The van der Waals surface area contributed by atoms with Crippen LogP contribution in [0.1, 0.15) is 22.5 Å². The van der Waals surface area contributed by atoms with E-state index in [9.17, 15) is 4.79 Å². The molecule has 3 rings (SSSR count). The molecule has 0 aliphatic carbocycles. The number of hydrogen-bond acceptors (Lipinski definition) is 6. The smallest absolute Gasteiger partial charge is 0.257 e. The van der Waals surface area contributed by atoms with Crippen molar-refractivity contribution in [2.45, 2.75) is 13.3 Å². The Hall–Kier alpha value is -3.03. The van der Waals surface area contributed by atoms with Gasteiger partial charge in [-0.05, 0) is 25.5 Å². The molecule has 0 saturated heterocycles. The molecule has 0 radical (unpaired) electrons. The quantitative estimate of drug-likeness (QED) is 0.661. The van der Waals surface area contributed by atoms with Crippen LogP contribution in [0.5, 0.6) is 0 Å². The second-order valence-corrected chi connectivity index (χ2v) is 4.96. The zero-order valence-electron chi connectivity index (χ0n) is 12.7. The first-order valence-electron chi connectivity index (χ1n) is 7.35. The Morgan fingerprint density at radius 3 is 2.74 bits per heavy atom. The van der Waals surface area contributed by atoms with Crippen LogP contribution in [-0.2, 0) is 0 Å². The van der Waals surface area contributed by atoms with Gasteiger partial charge in [0.25, 0.3) is 5.91 Å².